The summed E-state index contributed by atoms with van der Waals surface area (Å²) in [6, 6.07) is 3.91. The van der Waals surface area contributed by atoms with E-state index < -0.39 is 0 Å². The second kappa shape index (κ2) is 11.7. The van der Waals surface area contributed by atoms with E-state index in [1.54, 1.807) is 28.4 Å². The van der Waals surface area contributed by atoms with Gasteiger partial charge in [0.05, 0.1) is 34.5 Å². The monoisotopic (exact) mass is 447 g/mol. The van der Waals surface area contributed by atoms with E-state index in [0.717, 1.165) is 24.2 Å². The number of piperidine rings is 1. The van der Waals surface area contributed by atoms with Gasteiger partial charge in [-0.05, 0) is 30.5 Å². The molecular weight excluding hydrogens is 414 g/mol. The first-order valence-corrected chi connectivity index (χ1v) is 10.8. The second-order valence-electron chi connectivity index (χ2n) is 7.65. The summed E-state index contributed by atoms with van der Waals surface area (Å²) in [7, 11) is 6.43. The smallest absolute Gasteiger partial charge is 0.248 e. The number of carbonyl (C=O) groups excluding carboxylic acids is 1. The molecule has 1 fully saturated rings. The Labute approximate surface area is 189 Å². The second-order valence-corrected chi connectivity index (χ2v) is 7.65. The van der Waals surface area contributed by atoms with Crippen LogP contribution in [-0.4, -0.2) is 81.7 Å². The Kier molecular flexibility index (Phi) is 8.75. The summed E-state index contributed by atoms with van der Waals surface area (Å²) in [6.45, 7) is 3.06. The van der Waals surface area contributed by atoms with Gasteiger partial charge in [-0.3, -0.25) is 4.79 Å². The Bertz CT molecular complexity index is 851. The van der Waals surface area contributed by atoms with Gasteiger partial charge in [-0.2, -0.15) is 0 Å². The molecule has 1 aromatic carbocycles. The normalized spacial score (nSPS) is 14.4. The number of carbonyl (C=O) groups is 1. The predicted molar refractivity (Wildman–Crippen MR) is 119 cm³/mol. The number of benzene rings is 1. The average Bonchev–Trinajstić information content (AvgIpc) is 3.29. The van der Waals surface area contributed by atoms with Crippen LogP contribution in [0.4, 0.5) is 0 Å². The number of hydrogen-bond donors (Lipinski definition) is 0. The van der Waals surface area contributed by atoms with Crippen molar-refractivity contribution in [1.29, 1.82) is 0 Å². The van der Waals surface area contributed by atoms with Gasteiger partial charge < -0.3 is 33.2 Å². The lowest BCUT2D eigenvalue weighted by molar-refractivity contribution is -0.137. The molecule has 0 aliphatic carbocycles. The van der Waals surface area contributed by atoms with E-state index in [-0.39, 0.29) is 12.5 Å². The molecule has 0 spiro atoms. The van der Waals surface area contributed by atoms with Crippen LogP contribution in [0.15, 0.2) is 24.5 Å². The highest BCUT2D eigenvalue weighted by atomic mass is 16.5. The van der Waals surface area contributed by atoms with Gasteiger partial charge in [0, 0.05) is 45.1 Å². The molecule has 176 valence electrons. The van der Waals surface area contributed by atoms with Gasteiger partial charge in [-0.15, -0.1) is 0 Å². The largest absolute Gasteiger partial charge is 0.493 e. The van der Waals surface area contributed by atoms with E-state index >= 15 is 0 Å². The third-order valence-electron chi connectivity index (χ3n) is 5.70. The molecule has 1 aromatic heterocycles. The Balaban J connectivity index is 1.63. The summed E-state index contributed by atoms with van der Waals surface area (Å²) in [5.41, 5.74) is 1.03. The molecule has 1 aliphatic rings. The molecule has 2 aromatic rings. The Hall–Kier alpha value is -2.78. The van der Waals surface area contributed by atoms with Gasteiger partial charge in [0.2, 0.25) is 11.7 Å². The third-order valence-corrected chi connectivity index (χ3v) is 5.70. The van der Waals surface area contributed by atoms with Crippen LogP contribution in [-0.2, 0) is 20.8 Å². The van der Waals surface area contributed by atoms with Crippen LogP contribution in [0.3, 0.4) is 0 Å². The van der Waals surface area contributed by atoms with Crippen molar-refractivity contribution in [1.82, 2.24) is 14.5 Å². The van der Waals surface area contributed by atoms with Gasteiger partial charge in [0.15, 0.2) is 11.5 Å². The lowest BCUT2D eigenvalue weighted by Gasteiger charge is -2.32. The first-order valence-electron chi connectivity index (χ1n) is 10.8. The van der Waals surface area contributed by atoms with E-state index in [2.05, 4.69) is 9.55 Å². The van der Waals surface area contributed by atoms with Crippen molar-refractivity contribution in [2.24, 2.45) is 0 Å². The number of hydrogen-bond acceptors (Lipinski definition) is 7. The average molecular weight is 448 g/mol. The minimum Gasteiger partial charge on any atom is -0.493 e. The molecule has 0 unspecified atom stereocenters. The van der Waals surface area contributed by atoms with Gasteiger partial charge in [-0.25, -0.2) is 4.98 Å². The number of likely N-dealkylation sites (tertiary alicyclic amines) is 1. The van der Waals surface area contributed by atoms with Gasteiger partial charge in [0.1, 0.15) is 12.4 Å². The van der Waals surface area contributed by atoms with Crippen LogP contribution in [0.25, 0.3) is 0 Å². The summed E-state index contributed by atoms with van der Waals surface area (Å²) in [4.78, 5) is 18.8. The predicted octanol–water partition coefficient (Wildman–Crippen LogP) is 2.33. The molecule has 0 bridgehead atoms. The van der Waals surface area contributed by atoms with Crippen LogP contribution in [0, 0.1) is 0 Å². The van der Waals surface area contributed by atoms with Gasteiger partial charge in [0.25, 0.3) is 0 Å². The SMILES string of the molecule is COCCOCC(=O)N1CCC(c2nccn2Cc2cc(OC)c(OC)c(OC)c2)CC1. The summed E-state index contributed by atoms with van der Waals surface area (Å²) in [5.74, 6) is 3.19. The number of aromatic nitrogens is 2. The molecule has 1 saturated heterocycles. The number of ether oxygens (including phenoxy) is 5. The molecule has 9 heteroatoms. The van der Waals surface area contributed by atoms with Crippen molar-refractivity contribution in [3.8, 4) is 17.2 Å². The van der Waals surface area contributed by atoms with Crippen molar-refractivity contribution in [3.63, 3.8) is 0 Å². The fourth-order valence-electron chi connectivity index (χ4n) is 4.02. The van der Waals surface area contributed by atoms with Crippen molar-refractivity contribution >= 4 is 5.91 Å². The molecule has 1 amide bonds. The molecule has 3 rings (SSSR count). The standard InChI is InChI=1S/C23H33N3O6/c1-28-11-12-32-16-21(27)25-8-5-18(6-9-25)23-24-7-10-26(23)15-17-13-19(29-2)22(31-4)20(14-17)30-3/h7,10,13-14,18H,5-6,8-9,11-12,15-16H2,1-4H3. The highest BCUT2D eigenvalue weighted by molar-refractivity contribution is 5.77. The fourth-order valence-corrected chi connectivity index (χ4v) is 4.02. The van der Waals surface area contributed by atoms with Crippen LogP contribution >= 0.6 is 0 Å². The van der Waals surface area contributed by atoms with Crippen LogP contribution in [0.5, 0.6) is 17.2 Å². The number of rotatable bonds is 11. The van der Waals surface area contributed by atoms with Crippen molar-refractivity contribution in [3.05, 3.63) is 35.9 Å². The first-order chi connectivity index (χ1) is 15.6. The molecule has 0 N–H and O–H groups in total. The van der Waals surface area contributed by atoms with Gasteiger partial charge in [-0.1, -0.05) is 0 Å². The zero-order chi connectivity index (χ0) is 22.9. The summed E-state index contributed by atoms with van der Waals surface area (Å²) in [5, 5.41) is 0. The maximum absolute atomic E-state index is 12.3. The zero-order valence-corrected chi connectivity index (χ0v) is 19.3. The molecule has 1 aliphatic heterocycles. The van der Waals surface area contributed by atoms with Crippen molar-refractivity contribution < 1.29 is 28.5 Å². The Morgan fingerprint density at radius 1 is 1.03 bits per heavy atom. The quantitative estimate of drug-likeness (QED) is 0.489. The summed E-state index contributed by atoms with van der Waals surface area (Å²) >= 11 is 0. The first kappa shape index (κ1) is 23.9. The van der Waals surface area contributed by atoms with E-state index in [1.165, 1.54) is 0 Å². The molecule has 0 saturated carbocycles. The Morgan fingerprint density at radius 3 is 2.31 bits per heavy atom. The third kappa shape index (κ3) is 5.72. The number of methoxy groups -OCH3 is 4. The molecule has 2 heterocycles. The summed E-state index contributed by atoms with van der Waals surface area (Å²) < 4.78 is 28.8. The Morgan fingerprint density at radius 2 is 1.72 bits per heavy atom. The van der Waals surface area contributed by atoms with E-state index in [0.29, 0.717) is 56.0 Å². The van der Waals surface area contributed by atoms with Crippen LogP contribution < -0.4 is 14.2 Å². The zero-order valence-electron chi connectivity index (χ0n) is 19.3. The van der Waals surface area contributed by atoms with Crippen LogP contribution in [0.1, 0.15) is 30.1 Å². The number of amides is 1. The van der Waals surface area contributed by atoms with E-state index in [1.807, 2.05) is 29.4 Å². The number of nitrogens with zero attached hydrogens (tertiary/aromatic N) is 3. The minimum absolute atomic E-state index is 0.0281. The highest BCUT2D eigenvalue weighted by Gasteiger charge is 2.26. The number of imidazole rings is 1. The molecule has 0 atom stereocenters. The van der Waals surface area contributed by atoms with Crippen molar-refractivity contribution in [2.75, 3.05) is 61.3 Å². The van der Waals surface area contributed by atoms with Crippen molar-refractivity contribution in [2.45, 2.75) is 25.3 Å². The van der Waals surface area contributed by atoms with Gasteiger partial charge >= 0.3 is 0 Å². The molecule has 9 nitrogen and oxygen atoms in total. The lowest BCUT2D eigenvalue weighted by Crippen LogP contribution is -2.40. The molecule has 0 radical (unpaired) electrons. The maximum Gasteiger partial charge on any atom is 0.248 e. The lowest BCUT2D eigenvalue weighted by atomic mass is 9.95. The highest BCUT2D eigenvalue weighted by Crippen LogP contribution is 2.38. The topological polar surface area (TPSA) is 84.3 Å². The van der Waals surface area contributed by atoms with E-state index in [9.17, 15) is 4.79 Å². The fraction of sp³-hybridized carbons (Fsp3) is 0.565. The maximum atomic E-state index is 12.3. The van der Waals surface area contributed by atoms with Crippen LogP contribution in [0.2, 0.25) is 0 Å². The molecular formula is C23H33N3O6. The molecule has 32 heavy (non-hydrogen) atoms. The summed E-state index contributed by atoms with van der Waals surface area (Å²) in [6.07, 6.45) is 5.56. The van der Waals surface area contributed by atoms with E-state index in [4.69, 9.17) is 23.7 Å². The minimum atomic E-state index is 0.0281.